The van der Waals surface area contributed by atoms with Gasteiger partial charge in [-0.25, -0.2) is 4.39 Å². The Morgan fingerprint density at radius 3 is 2.53 bits per heavy atom. The number of aliphatic hydroxyl groups is 1. The quantitative estimate of drug-likeness (QED) is 0.877. The van der Waals surface area contributed by atoms with Gasteiger partial charge in [0.15, 0.2) is 0 Å². The van der Waals surface area contributed by atoms with Crippen LogP contribution in [0.1, 0.15) is 17.2 Å². The van der Waals surface area contributed by atoms with Crippen molar-refractivity contribution < 1.29 is 9.50 Å². The topological polar surface area (TPSA) is 38.0 Å². The lowest BCUT2D eigenvalue weighted by Crippen LogP contribution is -2.08. The van der Waals surface area contributed by atoms with Crippen LogP contribution in [0.5, 0.6) is 0 Å². The summed E-state index contributed by atoms with van der Waals surface area (Å²) in [5, 5.41) is 13.7. The Kier molecular flexibility index (Phi) is 3.54. The number of nitrogens with zero attached hydrogens (tertiary/aromatic N) is 2. The fraction of sp³-hybridized carbons (Fsp3) is 0.308. The summed E-state index contributed by atoms with van der Waals surface area (Å²) in [6.07, 6.45) is 2.53. The lowest BCUT2D eigenvalue weighted by molar-refractivity contribution is 0.263. The van der Waals surface area contributed by atoms with E-state index >= 15 is 0 Å². The number of aromatic nitrogens is 2. The molecule has 0 amide bonds. The summed E-state index contributed by atoms with van der Waals surface area (Å²) >= 11 is 0. The standard InChI is InChI=1S/C13H15FN2O/c1-16-7-6-13(15-16)8-11(9-17)10-2-4-12(14)5-3-10/h2-7,11,17H,8-9H2,1H3. The van der Waals surface area contributed by atoms with Crippen molar-refractivity contribution in [2.45, 2.75) is 12.3 Å². The van der Waals surface area contributed by atoms with E-state index in [1.165, 1.54) is 12.1 Å². The third kappa shape index (κ3) is 2.91. The van der Waals surface area contributed by atoms with Gasteiger partial charge >= 0.3 is 0 Å². The largest absolute Gasteiger partial charge is 0.396 e. The van der Waals surface area contributed by atoms with Crippen molar-refractivity contribution in [1.82, 2.24) is 9.78 Å². The van der Waals surface area contributed by atoms with Gasteiger partial charge in [0.25, 0.3) is 0 Å². The van der Waals surface area contributed by atoms with Crippen LogP contribution in [0, 0.1) is 5.82 Å². The summed E-state index contributed by atoms with van der Waals surface area (Å²) in [6.45, 7) is 0.0300. The van der Waals surface area contributed by atoms with Gasteiger partial charge in [0.05, 0.1) is 12.3 Å². The minimum Gasteiger partial charge on any atom is -0.396 e. The van der Waals surface area contributed by atoms with E-state index < -0.39 is 0 Å². The predicted molar refractivity (Wildman–Crippen MR) is 63.1 cm³/mol. The number of aliphatic hydroxyl groups excluding tert-OH is 1. The fourth-order valence-corrected chi connectivity index (χ4v) is 1.85. The number of benzene rings is 1. The third-order valence-corrected chi connectivity index (χ3v) is 2.79. The predicted octanol–water partition coefficient (Wildman–Crippen LogP) is 1.88. The first-order valence-electron chi connectivity index (χ1n) is 5.54. The van der Waals surface area contributed by atoms with Crippen LogP contribution in [0.3, 0.4) is 0 Å². The van der Waals surface area contributed by atoms with Gasteiger partial charge in [-0.05, 0) is 23.8 Å². The molecule has 3 nitrogen and oxygen atoms in total. The molecule has 1 N–H and O–H groups in total. The van der Waals surface area contributed by atoms with E-state index in [4.69, 9.17) is 0 Å². The van der Waals surface area contributed by atoms with E-state index in [9.17, 15) is 9.50 Å². The van der Waals surface area contributed by atoms with Gasteiger partial charge < -0.3 is 5.11 Å². The summed E-state index contributed by atoms with van der Waals surface area (Å²) < 4.78 is 14.5. The minimum atomic E-state index is -0.261. The molecule has 90 valence electrons. The highest BCUT2D eigenvalue weighted by atomic mass is 19.1. The molecule has 0 fully saturated rings. The van der Waals surface area contributed by atoms with Crippen LogP contribution < -0.4 is 0 Å². The summed E-state index contributed by atoms with van der Waals surface area (Å²) in [5.74, 6) is -0.297. The van der Waals surface area contributed by atoms with E-state index in [1.54, 1.807) is 16.8 Å². The highest BCUT2D eigenvalue weighted by Gasteiger charge is 2.12. The van der Waals surface area contributed by atoms with Gasteiger partial charge in [-0.1, -0.05) is 12.1 Å². The number of halogens is 1. The van der Waals surface area contributed by atoms with Gasteiger partial charge in [0.2, 0.25) is 0 Å². The number of hydrogen-bond acceptors (Lipinski definition) is 2. The zero-order chi connectivity index (χ0) is 12.3. The molecule has 0 saturated heterocycles. The third-order valence-electron chi connectivity index (χ3n) is 2.79. The number of rotatable bonds is 4. The Labute approximate surface area is 99.5 Å². The van der Waals surface area contributed by atoms with Crippen LogP contribution in [0.4, 0.5) is 4.39 Å². The second-order valence-electron chi connectivity index (χ2n) is 4.12. The molecule has 1 unspecified atom stereocenters. The van der Waals surface area contributed by atoms with Crippen LogP contribution in [-0.2, 0) is 13.5 Å². The van der Waals surface area contributed by atoms with E-state index in [0.29, 0.717) is 6.42 Å². The smallest absolute Gasteiger partial charge is 0.123 e. The Balaban J connectivity index is 2.13. The monoisotopic (exact) mass is 234 g/mol. The van der Waals surface area contributed by atoms with E-state index in [2.05, 4.69) is 5.10 Å². The fourth-order valence-electron chi connectivity index (χ4n) is 1.85. The van der Waals surface area contributed by atoms with Crippen molar-refractivity contribution in [1.29, 1.82) is 0 Å². The molecule has 0 bridgehead atoms. The lowest BCUT2D eigenvalue weighted by Gasteiger charge is -2.13. The van der Waals surface area contributed by atoms with Gasteiger partial charge in [-0.2, -0.15) is 5.10 Å². The maximum Gasteiger partial charge on any atom is 0.123 e. The number of hydrogen-bond donors (Lipinski definition) is 1. The van der Waals surface area contributed by atoms with Crippen molar-refractivity contribution >= 4 is 0 Å². The normalized spacial score (nSPS) is 12.6. The maximum absolute atomic E-state index is 12.8. The number of aryl methyl sites for hydroxylation is 1. The van der Waals surface area contributed by atoms with Gasteiger partial charge in [0, 0.05) is 25.6 Å². The van der Waals surface area contributed by atoms with E-state index in [0.717, 1.165) is 11.3 Å². The summed E-state index contributed by atoms with van der Waals surface area (Å²) in [5.41, 5.74) is 1.86. The molecular weight excluding hydrogens is 219 g/mol. The zero-order valence-corrected chi connectivity index (χ0v) is 9.68. The Morgan fingerprint density at radius 2 is 2.00 bits per heavy atom. The first-order chi connectivity index (χ1) is 8.19. The van der Waals surface area contributed by atoms with Gasteiger partial charge in [-0.3, -0.25) is 4.68 Å². The van der Waals surface area contributed by atoms with Crippen LogP contribution in [-0.4, -0.2) is 21.5 Å². The second-order valence-corrected chi connectivity index (χ2v) is 4.12. The van der Waals surface area contributed by atoms with Gasteiger partial charge in [-0.15, -0.1) is 0 Å². The molecule has 4 heteroatoms. The van der Waals surface area contributed by atoms with Crippen molar-refractivity contribution in [2.75, 3.05) is 6.61 Å². The molecule has 2 rings (SSSR count). The molecule has 2 aromatic rings. The van der Waals surface area contributed by atoms with Crippen molar-refractivity contribution in [2.24, 2.45) is 7.05 Å². The molecule has 1 aromatic carbocycles. The zero-order valence-electron chi connectivity index (χ0n) is 9.68. The van der Waals surface area contributed by atoms with Crippen LogP contribution in [0.25, 0.3) is 0 Å². The maximum atomic E-state index is 12.8. The van der Waals surface area contributed by atoms with E-state index in [-0.39, 0.29) is 18.3 Å². The van der Waals surface area contributed by atoms with Crippen molar-refractivity contribution in [3.05, 3.63) is 53.6 Å². The molecule has 0 aliphatic heterocycles. The highest BCUT2D eigenvalue weighted by Crippen LogP contribution is 2.20. The molecule has 1 aromatic heterocycles. The molecule has 0 aliphatic carbocycles. The Morgan fingerprint density at radius 1 is 1.29 bits per heavy atom. The average Bonchev–Trinajstić information content (AvgIpc) is 2.73. The Hall–Kier alpha value is -1.68. The van der Waals surface area contributed by atoms with Crippen LogP contribution >= 0.6 is 0 Å². The van der Waals surface area contributed by atoms with Gasteiger partial charge in [0.1, 0.15) is 5.82 Å². The van der Waals surface area contributed by atoms with Crippen LogP contribution in [0.15, 0.2) is 36.5 Å². The average molecular weight is 234 g/mol. The van der Waals surface area contributed by atoms with Crippen LogP contribution in [0.2, 0.25) is 0 Å². The molecule has 0 saturated carbocycles. The van der Waals surface area contributed by atoms with Crippen molar-refractivity contribution in [3.63, 3.8) is 0 Å². The molecular formula is C13H15FN2O. The second kappa shape index (κ2) is 5.10. The Bertz CT molecular complexity index is 478. The first-order valence-corrected chi connectivity index (χ1v) is 5.54. The molecule has 0 radical (unpaired) electrons. The molecule has 0 spiro atoms. The first kappa shape index (κ1) is 11.8. The summed E-state index contributed by atoms with van der Waals surface area (Å²) in [7, 11) is 1.86. The molecule has 0 aliphatic rings. The molecule has 17 heavy (non-hydrogen) atoms. The lowest BCUT2D eigenvalue weighted by atomic mass is 9.95. The molecule has 1 heterocycles. The highest BCUT2D eigenvalue weighted by molar-refractivity contribution is 5.22. The summed E-state index contributed by atoms with van der Waals surface area (Å²) in [4.78, 5) is 0. The van der Waals surface area contributed by atoms with E-state index in [1.807, 2.05) is 19.3 Å². The van der Waals surface area contributed by atoms with Crippen molar-refractivity contribution in [3.8, 4) is 0 Å². The summed E-state index contributed by atoms with van der Waals surface area (Å²) in [6, 6.07) is 8.16. The minimum absolute atomic E-state index is 0.0300. The SMILES string of the molecule is Cn1ccc(CC(CO)c2ccc(F)cc2)n1. The molecule has 1 atom stereocenters.